The number of hydroxylamine groups is 2. The summed E-state index contributed by atoms with van der Waals surface area (Å²) in [5.41, 5.74) is -1.35. The molecule has 1 aromatic carbocycles. The molecule has 2 aliphatic rings. The van der Waals surface area contributed by atoms with Gasteiger partial charge in [-0.3, -0.25) is 9.59 Å². The average Bonchev–Trinajstić information content (AvgIpc) is 2.92. The van der Waals surface area contributed by atoms with Gasteiger partial charge in [0.05, 0.1) is 37.4 Å². The summed E-state index contributed by atoms with van der Waals surface area (Å²) in [5, 5.41) is 3.08. The van der Waals surface area contributed by atoms with Crippen molar-refractivity contribution in [1.82, 2.24) is 10.4 Å². The van der Waals surface area contributed by atoms with E-state index in [0.29, 0.717) is 11.7 Å². The molecule has 0 bridgehead atoms. The predicted molar refractivity (Wildman–Crippen MR) is 106 cm³/mol. The minimum atomic E-state index is -1.07. The molecule has 0 aliphatic carbocycles. The Balaban J connectivity index is 1.59. The number of rotatable bonds is 6. The molecule has 10 nitrogen and oxygen atoms in total. The van der Waals surface area contributed by atoms with Gasteiger partial charge in [-0.25, -0.2) is 9.59 Å². The molecule has 1 aromatic rings. The van der Waals surface area contributed by atoms with E-state index in [0.717, 1.165) is 0 Å². The van der Waals surface area contributed by atoms with Crippen molar-refractivity contribution >= 4 is 23.9 Å². The second kappa shape index (κ2) is 9.03. The maximum absolute atomic E-state index is 12.6. The van der Waals surface area contributed by atoms with E-state index in [9.17, 15) is 19.2 Å². The summed E-state index contributed by atoms with van der Waals surface area (Å²) in [4.78, 5) is 54.3. The van der Waals surface area contributed by atoms with Gasteiger partial charge in [0.2, 0.25) is 0 Å². The lowest BCUT2D eigenvalue weighted by Crippen LogP contribution is -2.48. The monoisotopic (exact) mass is 434 g/mol. The Morgan fingerprint density at radius 2 is 1.77 bits per heavy atom. The highest BCUT2D eigenvalue weighted by Crippen LogP contribution is 2.27. The van der Waals surface area contributed by atoms with Crippen LogP contribution in [0.1, 0.15) is 54.3 Å². The fraction of sp³-hybridized carbons (Fsp3) is 0.524. The fourth-order valence-corrected chi connectivity index (χ4v) is 3.31. The fourth-order valence-electron chi connectivity index (χ4n) is 3.31. The molecule has 0 aromatic heterocycles. The van der Waals surface area contributed by atoms with Gasteiger partial charge < -0.3 is 24.4 Å². The van der Waals surface area contributed by atoms with Gasteiger partial charge in [-0.2, -0.15) is 0 Å². The molecule has 1 saturated heterocycles. The van der Waals surface area contributed by atoms with Crippen LogP contribution in [0.3, 0.4) is 0 Å². The van der Waals surface area contributed by atoms with Gasteiger partial charge in [-0.15, -0.1) is 0 Å². The third kappa shape index (κ3) is 5.59. The molecular weight excluding hydrogens is 408 g/mol. The zero-order valence-electron chi connectivity index (χ0n) is 17.8. The van der Waals surface area contributed by atoms with Crippen LogP contribution in [-0.4, -0.2) is 66.5 Å². The van der Waals surface area contributed by atoms with E-state index in [4.69, 9.17) is 19.0 Å². The van der Waals surface area contributed by atoms with E-state index in [2.05, 4.69) is 5.32 Å². The van der Waals surface area contributed by atoms with Crippen LogP contribution < -0.4 is 5.32 Å². The van der Waals surface area contributed by atoms with E-state index in [1.807, 2.05) is 0 Å². The van der Waals surface area contributed by atoms with Gasteiger partial charge >= 0.3 is 12.1 Å². The Bertz CT molecular complexity index is 835. The third-order valence-electron chi connectivity index (χ3n) is 4.67. The summed E-state index contributed by atoms with van der Waals surface area (Å²) in [5.74, 6) is -2.22. The van der Waals surface area contributed by atoms with Crippen molar-refractivity contribution in [3.63, 3.8) is 0 Å². The van der Waals surface area contributed by atoms with Gasteiger partial charge in [0.1, 0.15) is 11.2 Å². The Morgan fingerprint density at radius 3 is 2.32 bits per heavy atom. The zero-order chi connectivity index (χ0) is 22.6. The number of fused-ring (bicyclic) bond motifs is 1. The molecule has 3 rings (SSSR count). The maximum Gasteiger partial charge on any atom is 0.407 e. The molecule has 0 radical (unpaired) electrons. The SMILES string of the molecule is CC(C)(C)OC(=O)NCCC1(CC(=O)ON2C(=O)c3ccccc3C2=O)COCCO1. The van der Waals surface area contributed by atoms with Crippen LogP contribution in [0, 0.1) is 0 Å². The normalized spacial score (nSPS) is 20.9. The van der Waals surface area contributed by atoms with Crippen LogP contribution in [-0.2, 0) is 23.8 Å². The second-order valence-corrected chi connectivity index (χ2v) is 8.35. The molecule has 2 aliphatic heterocycles. The van der Waals surface area contributed by atoms with Crippen molar-refractivity contribution in [2.45, 2.75) is 44.8 Å². The summed E-state index contributed by atoms with van der Waals surface area (Å²) >= 11 is 0. The number of imide groups is 1. The van der Waals surface area contributed by atoms with Gasteiger partial charge in [0.25, 0.3) is 11.8 Å². The summed E-state index contributed by atoms with van der Waals surface area (Å²) in [6.07, 6.45) is -0.618. The Kier molecular flexibility index (Phi) is 6.61. The van der Waals surface area contributed by atoms with Crippen molar-refractivity contribution in [2.75, 3.05) is 26.4 Å². The molecule has 168 valence electrons. The van der Waals surface area contributed by atoms with Crippen LogP contribution in [0.2, 0.25) is 0 Å². The average molecular weight is 434 g/mol. The molecule has 1 atom stereocenters. The lowest BCUT2D eigenvalue weighted by atomic mass is 9.95. The smallest absolute Gasteiger partial charge is 0.407 e. The molecule has 31 heavy (non-hydrogen) atoms. The van der Waals surface area contributed by atoms with E-state index in [1.165, 1.54) is 12.1 Å². The summed E-state index contributed by atoms with van der Waals surface area (Å²) in [6.45, 7) is 6.14. The number of hydrogen-bond acceptors (Lipinski definition) is 8. The van der Waals surface area contributed by atoms with E-state index in [-0.39, 0.29) is 43.7 Å². The van der Waals surface area contributed by atoms with Crippen molar-refractivity contribution < 1.29 is 38.2 Å². The first kappa shape index (κ1) is 22.7. The molecule has 1 unspecified atom stereocenters. The van der Waals surface area contributed by atoms with Crippen LogP contribution in [0.5, 0.6) is 0 Å². The molecule has 0 spiro atoms. The highest BCUT2D eigenvalue weighted by atomic mass is 16.7. The first-order valence-corrected chi connectivity index (χ1v) is 9.97. The number of benzene rings is 1. The standard InChI is InChI=1S/C21H26N2O8/c1-20(2,3)30-19(27)22-9-8-21(13-28-10-11-29-21)12-16(24)31-23-17(25)14-6-4-5-7-15(14)18(23)26/h4-7H,8-13H2,1-3H3,(H,22,27). The lowest BCUT2D eigenvalue weighted by Gasteiger charge is -2.36. The molecule has 3 amide bonds. The van der Waals surface area contributed by atoms with Crippen molar-refractivity contribution in [3.8, 4) is 0 Å². The molecule has 1 N–H and O–H groups in total. The van der Waals surface area contributed by atoms with Crippen molar-refractivity contribution in [2.24, 2.45) is 0 Å². The molecule has 2 heterocycles. The number of carbonyl (C=O) groups is 4. The van der Waals surface area contributed by atoms with E-state index < -0.39 is 35.1 Å². The highest BCUT2D eigenvalue weighted by molar-refractivity contribution is 6.20. The minimum Gasteiger partial charge on any atom is -0.444 e. The first-order chi connectivity index (χ1) is 14.6. The third-order valence-corrected chi connectivity index (χ3v) is 4.67. The number of nitrogens with one attached hydrogen (secondary N) is 1. The first-order valence-electron chi connectivity index (χ1n) is 9.97. The van der Waals surface area contributed by atoms with Gasteiger partial charge in [0, 0.05) is 6.54 Å². The summed E-state index contributed by atoms with van der Waals surface area (Å²) in [7, 11) is 0. The number of ether oxygens (including phenoxy) is 3. The number of amides is 3. The molecule has 1 fully saturated rings. The number of hydrogen-bond donors (Lipinski definition) is 1. The maximum atomic E-state index is 12.6. The Hall–Kier alpha value is -2.98. The van der Waals surface area contributed by atoms with Gasteiger partial charge in [-0.1, -0.05) is 17.2 Å². The van der Waals surface area contributed by atoms with Crippen LogP contribution in [0.25, 0.3) is 0 Å². The van der Waals surface area contributed by atoms with Gasteiger partial charge in [-0.05, 0) is 39.3 Å². The quantitative estimate of drug-likeness (QED) is 0.674. The second-order valence-electron chi connectivity index (χ2n) is 8.35. The number of nitrogens with zero attached hydrogens (tertiary/aromatic N) is 1. The van der Waals surface area contributed by atoms with E-state index in [1.54, 1.807) is 32.9 Å². The molecular formula is C21H26N2O8. The zero-order valence-corrected chi connectivity index (χ0v) is 17.8. The largest absolute Gasteiger partial charge is 0.444 e. The molecule has 10 heteroatoms. The van der Waals surface area contributed by atoms with Crippen LogP contribution >= 0.6 is 0 Å². The van der Waals surface area contributed by atoms with Crippen LogP contribution in [0.4, 0.5) is 4.79 Å². The summed E-state index contributed by atoms with van der Waals surface area (Å²) < 4.78 is 16.4. The predicted octanol–water partition coefficient (Wildman–Crippen LogP) is 1.83. The van der Waals surface area contributed by atoms with Gasteiger partial charge in [0.15, 0.2) is 0 Å². The molecule has 0 saturated carbocycles. The van der Waals surface area contributed by atoms with E-state index >= 15 is 0 Å². The van der Waals surface area contributed by atoms with Crippen molar-refractivity contribution in [1.29, 1.82) is 0 Å². The lowest BCUT2D eigenvalue weighted by molar-refractivity contribution is -0.193. The number of carbonyl (C=O) groups excluding carboxylic acids is 4. The Morgan fingerprint density at radius 1 is 1.13 bits per heavy atom. The minimum absolute atomic E-state index is 0.0974. The topological polar surface area (TPSA) is 120 Å². The van der Waals surface area contributed by atoms with Crippen molar-refractivity contribution in [3.05, 3.63) is 35.4 Å². The highest BCUT2D eigenvalue weighted by Gasteiger charge is 2.42. The van der Waals surface area contributed by atoms with Crippen LogP contribution in [0.15, 0.2) is 24.3 Å². The number of alkyl carbamates (subject to hydrolysis) is 1. The Labute approximate surface area is 179 Å². The summed E-state index contributed by atoms with van der Waals surface area (Å²) in [6, 6.07) is 6.22.